The van der Waals surface area contributed by atoms with Crippen LogP contribution < -0.4 is 0 Å². The minimum Gasteiger partial charge on any atom is -0.469 e. The molecule has 1 saturated carbocycles. The smallest absolute Gasteiger partial charge is 0.410 e. The molecular formula is C20H27NO4. The fraction of sp³-hybridized carbons (Fsp3) is 0.600. The summed E-state index contributed by atoms with van der Waals surface area (Å²) in [7, 11) is 1.40. The van der Waals surface area contributed by atoms with Crippen molar-refractivity contribution in [3.8, 4) is 0 Å². The highest BCUT2D eigenvalue weighted by molar-refractivity contribution is 5.73. The van der Waals surface area contributed by atoms with E-state index in [2.05, 4.69) is 0 Å². The molecular weight excluding hydrogens is 318 g/mol. The molecule has 0 bridgehead atoms. The summed E-state index contributed by atoms with van der Waals surface area (Å²) in [5.41, 5.74) is 0.966. The van der Waals surface area contributed by atoms with Crippen molar-refractivity contribution in [2.24, 2.45) is 11.8 Å². The van der Waals surface area contributed by atoms with E-state index < -0.39 is 0 Å². The Morgan fingerprint density at radius 1 is 1.12 bits per heavy atom. The first-order valence-electron chi connectivity index (χ1n) is 9.21. The number of rotatable bonds is 4. The zero-order valence-corrected chi connectivity index (χ0v) is 14.9. The van der Waals surface area contributed by atoms with Crippen LogP contribution in [0.2, 0.25) is 0 Å². The molecule has 0 radical (unpaired) electrons. The van der Waals surface area contributed by atoms with Crippen LogP contribution in [-0.4, -0.2) is 36.7 Å². The quantitative estimate of drug-likeness (QED) is 0.780. The molecule has 1 aromatic carbocycles. The van der Waals surface area contributed by atoms with Crippen LogP contribution in [0.5, 0.6) is 0 Å². The largest absolute Gasteiger partial charge is 0.469 e. The summed E-state index contributed by atoms with van der Waals surface area (Å²) in [4.78, 5) is 26.2. The first-order chi connectivity index (χ1) is 12.2. The summed E-state index contributed by atoms with van der Waals surface area (Å²) in [5.74, 6) is 0.883. The van der Waals surface area contributed by atoms with E-state index in [0.717, 1.165) is 18.4 Å². The maximum absolute atomic E-state index is 12.7. The van der Waals surface area contributed by atoms with Crippen molar-refractivity contribution in [3.63, 3.8) is 0 Å². The third-order valence-electron chi connectivity index (χ3n) is 5.58. The van der Waals surface area contributed by atoms with Gasteiger partial charge in [0, 0.05) is 12.6 Å². The Morgan fingerprint density at radius 2 is 1.84 bits per heavy atom. The van der Waals surface area contributed by atoms with E-state index in [4.69, 9.17) is 9.47 Å². The van der Waals surface area contributed by atoms with Crippen LogP contribution in [0.1, 0.15) is 44.1 Å². The van der Waals surface area contributed by atoms with E-state index in [1.165, 1.54) is 26.4 Å². The summed E-state index contributed by atoms with van der Waals surface area (Å²) >= 11 is 0. The zero-order valence-electron chi connectivity index (χ0n) is 14.9. The van der Waals surface area contributed by atoms with Gasteiger partial charge in [-0.15, -0.1) is 0 Å². The van der Waals surface area contributed by atoms with Crippen LogP contribution >= 0.6 is 0 Å². The standard InChI is InChI=1S/C20H27NO4/c1-24-19(22)12-18-11-16-9-5-6-10-17(16)13-21(18)20(23)25-14-15-7-3-2-4-8-15/h2-4,7-8,16-18H,5-6,9-14H2,1H3. The number of hydrogen-bond donors (Lipinski definition) is 0. The SMILES string of the molecule is COC(=O)CC1CC2CCCCC2CN1C(=O)OCc1ccccc1. The topological polar surface area (TPSA) is 55.8 Å². The Bertz CT molecular complexity index is 589. The number of carbonyl (C=O) groups is 2. The van der Waals surface area contributed by atoms with Crippen LogP contribution in [0.4, 0.5) is 4.79 Å². The number of methoxy groups -OCH3 is 1. The number of amides is 1. The third kappa shape index (κ3) is 4.53. The first-order valence-corrected chi connectivity index (χ1v) is 9.21. The van der Waals surface area contributed by atoms with Crippen molar-refractivity contribution in [1.82, 2.24) is 4.90 Å². The summed E-state index contributed by atoms with van der Waals surface area (Å²) in [6, 6.07) is 9.55. The van der Waals surface area contributed by atoms with Crippen molar-refractivity contribution in [2.75, 3.05) is 13.7 Å². The normalized spacial score (nSPS) is 25.8. The van der Waals surface area contributed by atoms with Crippen LogP contribution in [-0.2, 0) is 20.9 Å². The molecule has 1 aliphatic heterocycles. The van der Waals surface area contributed by atoms with Gasteiger partial charge >= 0.3 is 12.1 Å². The Labute approximate surface area is 149 Å². The molecule has 3 rings (SSSR count). The van der Waals surface area contributed by atoms with Gasteiger partial charge in [0.25, 0.3) is 0 Å². The molecule has 136 valence electrons. The number of likely N-dealkylation sites (tertiary alicyclic amines) is 1. The molecule has 3 atom stereocenters. The van der Waals surface area contributed by atoms with E-state index in [0.29, 0.717) is 18.4 Å². The van der Waals surface area contributed by atoms with Gasteiger partial charge in [0.15, 0.2) is 0 Å². The molecule has 1 aromatic rings. The number of benzene rings is 1. The lowest BCUT2D eigenvalue weighted by atomic mass is 9.72. The van der Waals surface area contributed by atoms with Gasteiger partial charge in [-0.3, -0.25) is 4.79 Å². The van der Waals surface area contributed by atoms with Crippen molar-refractivity contribution in [1.29, 1.82) is 0 Å². The first kappa shape index (κ1) is 17.8. The second kappa shape index (κ2) is 8.37. The fourth-order valence-corrected chi connectivity index (χ4v) is 4.21. The average molecular weight is 345 g/mol. The molecule has 0 aromatic heterocycles. The number of esters is 1. The van der Waals surface area contributed by atoms with Gasteiger partial charge in [0.05, 0.1) is 13.5 Å². The predicted octanol–water partition coefficient (Wildman–Crippen LogP) is 3.77. The molecule has 1 heterocycles. The maximum Gasteiger partial charge on any atom is 0.410 e. The molecule has 0 spiro atoms. The number of ether oxygens (including phenoxy) is 2. The Hall–Kier alpha value is -2.04. The molecule has 2 aliphatic rings. The van der Waals surface area contributed by atoms with Crippen molar-refractivity contribution in [3.05, 3.63) is 35.9 Å². The molecule has 2 fully saturated rings. The van der Waals surface area contributed by atoms with Gasteiger partial charge in [0.2, 0.25) is 0 Å². The lowest BCUT2D eigenvalue weighted by Crippen LogP contribution is -2.51. The molecule has 5 heteroatoms. The number of nitrogens with zero attached hydrogens (tertiary/aromatic N) is 1. The fourth-order valence-electron chi connectivity index (χ4n) is 4.21. The highest BCUT2D eigenvalue weighted by Gasteiger charge is 2.40. The second-order valence-corrected chi connectivity index (χ2v) is 7.17. The van der Waals surface area contributed by atoms with Crippen LogP contribution in [0, 0.1) is 11.8 Å². The number of piperidine rings is 1. The monoisotopic (exact) mass is 345 g/mol. The number of carbonyl (C=O) groups excluding carboxylic acids is 2. The molecule has 5 nitrogen and oxygen atoms in total. The van der Waals surface area contributed by atoms with Crippen LogP contribution in [0.25, 0.3) is 0 Å². The summed E-state index contributed by atoms with van der Waals surface area (Å²) in [6.07, 6.45) is 5.66. The lowest BCUT2D eigenvalue weighted by molar-refractivity contribution is -0.142. The van der Waals surface area contributed by atoms with E-state index in [1.807, 2.05) is 30.3 Å². The van der Waals surface area contributed by atoms with E-state index in [-0.39, 0.29) is 31.1 Å². The van der Waals surface area contributed by atoms with Gasteiger partial charge in [-0.1, -0.05) is 49.6 Å². The van der Waals surface area contributed by atoms with E-state index in [9.17, 15) is 9.59 Å². The van der Waals surface area contributed by atoms with Crippen molar-refractivity contribution >= 4 is 12.1 Å². The van der Waals surface area contributed by atoms with Crippen LogP contribution in [0.3, 0.4) is 0 Å². The number of fused-ring (bicyclic) bond motifs is 1. The lowest BCUT2D eigenvalue weighted by Gasteiger charge is -2.45. The average Bonchev–Trinajstić information content (AvgIpc) is 2.66. The highest BCUT2D eigenvalue weighted by atomic mass is 16.6. The molecule has 3 unspecified atom stereocenters. The molecule has 25 heavy (non-hydrogen) atoms. The van der Waals surface area contributed by atoms with Gasteiger partial charge in [-0.25, -0.2) is 4.79 Å². The van der Waals surface area contributed by atoms with Gasteiger partial charge in [0.1, 0.15) is 6.61 Å². The van der Waals surface area contributed by atoms with E-state index >= 15 is 0 Å². The third-order valence-corrected chi connectivity index (χ3v) is 5.58. The minimum atomic E-state index is -0.318. The zero-order chi connectivity index (χ0) is 17.6. The summed E-state index contributed by atoms with van der Waals surface area (Å²) < 4.78 is 10.4. The van der Waals surface area contributed by atoms with Gasteiger partial charge < -0.3 is 14.4 Å². The Balaban J connectivity index is 1.65. The predicted molar refractivity (Wildman–Crippen MR) is 93.8 cm³/mol. The molecule has 1 amide bonds. The van der Waals surface area contributed by atoms with Crippen LogP contribution in [0.15, 0.2) is 30.3 Å². The molecule has 1 aliphatic carbocycles. The Kier molecular flexibility index (Phi) is 5.95. The van der Waals surface area contributed by atoms with Gasteiger partial charge in [-0.2, -0.15) is 0 Å². The summed E-state index contributed by atoms with van der Waals surface area (Å²) in [5, 5.41) is 0. The van der Waals surface area contributed by atoms with Crippen molar-refractivity contribution in [2.45, 2.75) is 51.2 Å². The van der Waals surface area contributed by atoms with Gasteiger partial charge in [-0.05, 0) is 30.2 Å². The van der Waals surface area contributed by atoms with Crippen molar-refractivity contribution < 1.29 is 19.1 Å². The molecule has 0 N–H and O–H groups in total. The Morgan fingerprint density at radius 3 is 2.56 bits per heavy atom. The maximum atomic E-state index is 12.7. The van der Waals surface area contributed by atoms with E-state index in [1.54, 1.807) is 4.90 Å². The second-order valence-electron chi connectivity index (χ2n) is 7.17. The number of hydrogen-bond acceptors (Lipinski definition) is 4. The molecule has 1 saturated heterocycles. The highest BCUT2D eigenvalue weighted by Crippen LogP contribution is 2.39. The summed E-state index contributed by atoms with van der Waals surface area (Å²) in [6.45, 7) is 0.954. The minimum absolute atomic E-state index is 0.116.